The van der Waals surface area contributed by atoms with Gasteiger partial charge in [-0.15, -0.1) is 0 Å². The summed E-state index contributed by atoms with van der Waals surface area (Å²) in [5.74, 6) is -1.00. The van der Waals surface area contributed by atoms with Gasteiger partial charge in [0.2, 0.25) is 0 Å². The molecule has 0 saturated carbocycles. The maximum atomic E-state index is 13.1. The highest BCUT2D eigenvalue weighted by Crippen LogP contribution is 2.29. The molecule has 0 spiro atoms. The van der Waals surface area contributed by atoms with Crippen LogP contribution < -0.4 is 21.1 Å². The summed E-state index contributed by atoms with van der Waals surface area (Å²) in [6, 6.07) is 11.2. The van der Waals surface area contributed by atoms with E-state index in [9.17, 15) is 19.8 Å². The van der Waals surface area contributed by atoms with Crippen LogP contribution in [0.1, 0.15) is 46.5 Å². The van der Waals surface area contributed by atoms with Crippen LogP contribution in [0.25, 0.3) is 0 Å². The van der Waals surface area contributed by atoms with Crippen molar-refractivity contribution in [2.45, 2.75) is 39.5 Å². The minimum Gasteiger partial charge on any atom is -0.491 e. The summed E-state index contributed by atoms with van der Waals surface area (Å²) in [5.41, 5.74) is 8.23. The first kappa shape index (κ1) is 27.4. The van der Waals surface area contributed by atoms with Crippen LogP contribution in [0.3, 0.4) is 0 Å². The van der Waals surface area contributed by atoms with E-state index in [0.29, 0.717) is 33.7 Å². The van der Waals surface area contributed by atoms with E-state index >= 15 is 0 Å². The Balaban J connectivity index is 1.90. The van der Waals surface area contributed by atoms with Crippen LogP contribution in [0.4, 0.5) is 11.5 Å². The number of carbonyl (C=O) groups is 2. The molecule has 1 heterocycles. The van der Waals surface area contributed by atoms with Crippen LogP contribution in [0.5, 0.6) is 5.75 Å². The summed E-state index contributed by atoms with van der Waals surface area (Å²) in [4.78, 5) is 28.9. The van der Waals surface area contributed by atoms with E-state index in [1.54, 1.807) is 36.4 Å². The van der Waals surface area contributed by atoms with Crippen molar-refractivity contribution in [2.24, 2.45) is 5.73 Å². The summed E-state index contributed by atoms with van der Waals surface area (Å²) in [6.07, 6.45) is 0.889. The number of carboxylic acids is 1. The first-order valence-electron chi connectivity index (χ1n) is 11.4. The Morgan fingerprint density at radius 2 is 1.89 bits per heavy atom. The second-order valence-electron chi connectivity index (χ2n) is 8.48. The number of nitrogens with two attached hydrogens (primary N) is 1. The highest BCUT2D eigenvalue weighted by Gasteiger charge is 2.19. The van der Waals surface area contributed by atoms with Crippen molar-refractivity contribution in [2.75, 3.05) is 10.6 Å². The maximum Gasteiger partial charge on any atom is 0.307 e. The van der Waals surface area contributed by atoms with Gasteiger partial charge in [0, 0.05) is 29.6 Å². The lowest BCUT2D eigenvalue weighted by Gasteiger charge is -2.19. The lowest BCUT2D eigenvalue weighted by Crippen LogP contribution is -2.17. The number of benzene rings is 2. The third kappa shape index (κ3) is 7.42. The fourth-order valence-electron chi connectivity index (χ4n) is 3.59. The van der Waals surface area contributed by atoms with Crippen molar-refractivity contribution < 1.29 is 24.5 Å². The number of pyridine rings is 1. The van der Waals surface area contributed by atoms with Gasteiger partial charge in [-0.3, -0.25) is 15.0 Å². The molecule has 7 N–H and O–H groups in total. The molecule has 11 heteroatoms. The van der Waals surface area contributed by atoms with Crippen LogP contribution in [0.2, 0.25) is 5.02 Å². The van der Waals surface area contributed by atoms with Gasteiger partial charge in [-0.1, -0.05) is 17.7 Å². The van der Waals surface area contributed by atoms with Crippen LogP contribution in [-0.4, -0.2) is 39.0 Å². The average Bonchev–Trinajstić information content (AvgIpc) is 2.84. The van der Waals surface area contributed by atoms with Crippen molar-refractivity contribution in [3.05, 3.63) is 81.5 Å². The predicted octanol–water partition coefficient (Wildman–Crippen LogP) is 3.79. The van der Waals surface area contributed by atoms with E-state index in [-0.39, 0.29) is 47.9 Å². The first-order valence-corrected chi connectivity index (χ1v) is 11.7. The number of amides is 1. The van der Waals surface area contributed by atoms with E-state index in [1.807, 2.05) is 13.8 Å². The Morgan fingerprint density at radius 3 is 2.49 bits per heavy atom. The zero-order valence-electron chi connectivity index (χ0n) is 20.3. The first-order chi connectivity index (χ1) is 17.6. The molecule has 1 amide bonds. The van der Waals surface area contributed by atoms with Gasteiger partial charge < -0.3 is 31.3 Å². The molecule has 0 unspecified atom stereocenters. The third-order valence-electron chi connectivity index (χ3n) is 5.23. The van der Waals surface area contributed by atoms with Gasteiger partial charge in [0.05, 0.1) is 29.7 Å². The molecule has 0 atom stereocenters. The zero-order chi connectivity index (χ0) is 27.1. The monoisotopic (exact) mass is 525 g/mol. The number of anilines is 2. The molecule has 3 aromatic rings. The summed E-state index contributed by atoms with van der Waals surface area (Å²) in [6.45, 7) is 3.49. The minimum absolute atomic E-state index is 0.0853. The smallest absolute Gasteiger partial charge is 0.307 e. The summed E-state index contributed by atoms with van der Waals surface area (Å²) in [7, 11) is 0. The standard InChI is InChI=1S/C26H28ClN5O5/c1-14(2)37-22-8-15(13-33)7-17(20(22)10-23(34)35)11-30-25-21(9-18(27)12-31-25)26(36)32-19-5-3-16(4-6-19)24(28)29/h3-9,12,14,33H,10-11,13H2,1-2H3,(H3,28,29)(H,30,31)(H,32,36)(H,34,35). The molecule has 0 bridgehead atoms. The van der Waals surface area contributed by atoms with Gasteiger partial charge in [0.15, 0.2) is 0 Å². The number of amidine groups is 1. The van der Waals surface area contributed by atoms with E-state index < -0.39 is 11.9 Å². The molecule has 3 rings (SSSR count). The highest BCUT2D eigenvalue weighted by molar-refractivity contribution is 6.31. The van der Waals surface area contributed by atoms with Gasteiger partial charge in [-0.05, 0) is 61.4 Å². The maximum absolute atomic E-state index is 13.1. The van der Waals surface area contributed by atoms with Crippen LogP contribution in [-0.2, 0) is 24.4 Å². The molecule has 0 fully saturated rings. The molecule has 0 aliphatic heterocycles. The van der Waals surface area contributed by atoms with Crippen LogP contribution in [0.15, 0.2) is 48.7 Å². The molecule has 1 aromatic heterocycles. The van der Waals surface area contributed by atoms with Crippen molar-refractivity contribution in [1.29, 1.82) is 5.41 Å². The van der Waals surface area contributed by atoms with Crippen molar-refractivity contribution in [1.82, 2.24) is 4.98 Å². The lowest BCUT2D eigenvalue weighted by atomic mass is 9.99. The summed E-state index contributed by atoms with van der Waals surface area (Å²) < 4.78 is 5.83. The third-order valence-corrected chi connectivity index (χ3v) is 5.44. The van der Waals surface area contributed by atoms with Crippen molar-refractivity contribution in [3.8, 4) is 5.75 Å². The fraction of sp³-hybridized carbons (Fsp3) is 0.231. The number of nitrogen functional groups attached to an aromatic ring is 1. The lowest BCUT2D eigenvalue weighted by molar-refractivity contribution is -0.136. The number of hydrogen-bond donors (Lipinski definition) is 6. The fourth-order valence-corrected chi connectivity index (χ4v) is 3.75. The number of carbonyl (C=O) groups excluding carboxylic acids is 1. The van der Waals surface area contributed by atoms with Gasteiger partial charge in [-0.2, -0.15) is 0 Å². The van der Waals surface area contributed by atoms with Gasteiger partial charge in [0.25, 0.3) is 5.91 Å². The van der Waals surface area contributed by atoms with E-state index in [1.165, 1.54) is 12.3 Å². The molecule has 0 aliphatic rings. The number of aliphatic hydroxyl groups excluding tert-OH is 1. The van der Waals surface area contributed by atoms with Crippen molar-refractivity contribution >= 4 is 40.8 Å². The molecule has 37 heavy (non-hydrogen) atoms. The molecular weight excluding hydrogens is 498 g/mol. The van der Waals surface area contributed by atoms with Gasteiger partial charge >= 0.3 is 5.97 Å². The number of hydrogen-bond acceptors (Lipinski definition) is 7. The Morgan fingerprint density at radius 1 is 1.19 bits per heavy atom. The molecule has 2 aromatic carbocycles. The normalized spacial score (nSPS) is 10.7. The average molecular weight is 526 g/mol. The van der Waals surface area contributed by atoms with Crippen LogP contribution >= 0.6 is 11.6 Å². The molecule has 0 radical (unpaired) electrons. The second kappa shape index (κ2) is 12.2. The number of aliphatic hydroxyl groups is 1. The number of aromatic nitrogens is 1. The Labute approximate surface area is 219 Å². The number of nitrogens with zero attached hydrogens (tertiary/aromatic N) is 1. The van der Waals surface area contributed by atoms with Crippen molar-refractivity contribution in [3.63, 3.8) is 0 Å². The largest absolute Gasteiger partial charge is 0.491 e. The number of carboxylic acid groups (broad SMARTS) is 1. The van der Waals surface area contributed by atoms with Gasteiger partial charge in [-0.25, -0.2) is 4.98 Å². The molecule has 10 nitrogen and oxygen atoms in total. The molecule has 194 valence electrons. The van der Waals surface area contributed by atoms with Crippen LogP contribution in [0, 0.1) is 5.41 Å². The van der Waals surface area contributed by atoms with E-state index in [0.717, 1.165) is 0 Å². The SMILES string of the molecule is CC(C)Oc1cc(CO)cc(CNc2ncc(Cl)cc2C(=O)Nc2ccc(C(=N)N)cc2)c1CC(=O)O. The highest BCUT2D eigenvalue weighted by atomic mass is 35.5. The van der Waals surface area contributed by atoms with E-state index in [2.05, 4.69) is 15.6 Å². The molecule has 0 aliphatic carbocycles. The zero-order valence-corrected chi connectivity index (χ0v) is 21.1. The molecule has 0 saturated heterocycles. The number of rotatable bonds is 11. The number of aliphatic carboxylic acids is 1. The predicted molar refractivity (Wildman–Crippen MR) is 141 cm³/mol. The second-order valence-corrected chi connectivity index (χ2v) is 8.91. The molecular formula is C26H28ClN5O5. The van der Waals surface area contributed by atoms with Gasteiger partial charge in [0.1, 0.15) is 17.4 Å². The van der Waals surface area contributed by atoms with E-state index in [4.69, 9.17) is 27.5 Å². The summed E-state index contributed by atoms with van der Waals surface area (Å²) >= 11 is 6.11. The Kier molecular flexibility index (Phi) is 9.05. The Hall–Kier alpha value is -4.15. The quantitative estimate of drug-likeness (QED) is 0.162. The minimum atomic E-state index is -1.04. The summed E-state index contributed by atoms with van der Waals surface area (Å²) in [5, 5.41) is 32.8. The number of halogens is 1. The topological polar surface area (TPSA) is 171 Å². The Bertz CT molecular complexity index is 1310. The number of ether oxygens (including phenoxy) is 1. The number of nitrogens with one attached hydrogen (secondary N) is 3.